The second-order valence-electron chi connectivity index (χ2n) is 5.79. The minimum Gasteiger partial charge on any atom is -0.493 e. The van der Waals surface area contributed by atoms with E-state index in [2.05, 4.69) is 22.3 Å². The molecule has 0 radical (unpaired) electrons. The van der Waals surface area contributed by atoms with Gasteiger partial charge in [-0.3, -0.25) is 4.79 Å². The number of amides is 1. The Balaban J connectivity index is 1.89. The number of rotatable bonds is 9. The predicted molar refractivity (Wildman–Crippen MR) is 106 cm³/mol. The third-order valence-electron chi connectivity index (χ3n) is 3.93. The van der Waals surface area contributed by atoms with Crippen molar-refractivity contribution in [3.05, 3.63) is 53.1 Å². The van der Waals surface area contributed by atoms with Gasteiger partial charge in [0.05, 0.1) is 18.7 Å². The maximum absolute atomic E-state index is 12.4. The molecule has 0 fully saturated rings. The molecular formula is C20H25ClN2O3. The first-order chi connectivity index (χ1) is 12.6. The molecule has 2 aromatic carbocycles. The molecule has 0 unspecified atom stereocenters. The summed E-state index contributed by atoms with van der Waals surface area (Å²) in [5.41, 5.74) is 1.61. The first-order valence-electron chi connectivity index (χ1n) is 8.61. The van der Waals surface area contributed by atoms with Crippen LogP contribution in [0.2, 0.25) is 5.02 Å². The Morgan fingerprint density at radius 2 is 1.96 bits per heavy atom. The van der Waals surface area contributed by atoms with Gasteiger partial charge in [0.1, 0.15) is 0 Å². The van der Waals surface area contributed by atoms with E-state index in [-0.39, 0.29) is 5.91 Å². The van der Waals surface area contributed by atoms with Crippen molar-refractivity contribution in [2.75, 3.05) is 38.8 Å². The van der Waals surface area contributed by atoms with Crippen LogP contribution in [0.3, 0.4) is 0 Å². The minimum absolute atomic E-state index is 0.185. The van der Waals surface area contributed by atoms with Gasteiger partial charge in [-0.15, -0.1) is 0 Å². The summed E-state index contributed by atoms with van der Waals surface area (Å²) in [4.78, 5) is 14.5. The van der Waals surface area contributed by atoms with E-state index < -0.39 is 0 Å². The largest absolute Gasteiger partial charge is 0.493 e. The summed E-state index contributed by atoms with van der Waals surface area (Å²) < 4.78 is 10.7. The molecule has 26 heavy (non-hydrogen) atoms. The summed E-state index contributed by atoms with van der Waals surface area (Å²) in [5, 5.41) is 3.28. The number of ether oxygens (including phenoxy) is 2. The second-order valence-corrected chi connectivity index (χ2v) is 6.20. The molecule has 2 rings (SSSR count). The Labute approximate surface area is 159 Å². The topological polar surface area (TPSA) is 50.8 Å². The smallest absolute Gasteiger partial charge is 0.251 e. The Hall–Kier alpha value is -2.40. The molecule has 0 spiro atoms. The highest BCUT2D eigenvalue weighted by atomic mass is 35.5. The SMILES string of the molecule is CCOc1c(Cl)cc(C(=O)NCCCN(C)c2ccccc2)cc1OC. The lowest BCUT2D eigenvalue weighted by molar-refractivity contribution is 0.0953. The van der Waals surface area contributed by atoms with Crippen molar-refractivity contribution < 1.29 is 14.3 Å². The second kappa shape index (κ2) is 9.92. The fourth-order valence-electron chi connectivity index (χ4n) is 2.57. The van der Waals surface area contributed by atoms with Gasteiger partial charge in [0, 0.05) is 31.4 Å². The van der Waals surface area contributed by atoms with E-state index in [4.69, 9.17) is 21.1 Å². The van der Waals surface area contributed by atoms with Gasteiger partial charge < -0.3 is 19.7 Å². The summed E-state index contributed by atoms with van der Waals surface area (Å²) in [7, 11) is 3.56. The van der Waals surface area contributed by atoms with Crippen molar-refractivity contribution in [1.29, 1.82) is 0 Å². The summed E-state index contributed by atoms with van der Waals surface area (Å²) in [5.74, 6) is 0.724. The Bertz CT molecular complexity index is 722. The molecule has 0 saturated heterocycles. The zero-order valence-corrected chi connectivity index (χ0v) is 16.2. The molecule has 0 atom stereocenters. The lowest BCUT2D eigenvalue weighted by Gasteiger charge is -2.19. The first kappa shape index (κ1) is 19.9. The minimum atomic E-state index is -0.185. The zero-order chi connectivity index (χ0) is 18.9. The number of anilines is 1. The highest BCUT2D eigenvalue weighted by molar-refractivity contribution is 6.32. The number of methoxy groups -OCH3 is 1. The van der Waals surface area contributed by atoms with Gasteiger partial charge in [0.25, 0.3) is 5.91 Å². The van der Waals surface area contributed by atoms with Gasteiger partial charge in [-0.05, 0) is 37.6 Å². The van der Waals surface area contributed by atoms with Crippen LogP contribution in [-0.4, -0.2) is 39.8 Å². The highest BCUT2D eigenvalue weighted by Crippen LogP contribution is 2.36. The van der Waals surface area contributed by atoms with Crippen LogP contribution in [0.4, 0.5) is 5.69 Å². The van der Waals surface area contributed by atoms with Gasteiger partial charge in [-0.25, -0.2) is 0 Å². The van der Waals surface area contributed by atoms with Crippen molar-refractivity contribution in [3.63, 3.8) is 0 Å². The van der Waals surface area contributed by atoms with Crippen molar-refractivity contribution in [1.82, 2.24) is 5.32 Å². The summed E-state index contributed by atoms with van der Waals surface area (Å²) in [6, 6.07) is 13.4. The van der Waals surface area contributed by atoms with Crippen molar-refractivity contribution >= 4 is 23.2 Å². The van der Waals surface area contributed by atoms with Gasteiger partial charge in [-0.2, -0.15) is 0 Å². The van der Waals surface area contributed by atoms with Crippen LogP contribution in [0, 0.1) is 0 Å². The van der Waals surface area contributed by atoms with Gasteiger partial charge in [-0.1, -0.05) is 29.8 Å². The molecule has 0 aromatic heterocycles. The molecule has 140 valence electrons. The van der Waals surface area contributed by atoms with Crippen LogP contribution in [0.25, 0.3) is 0 Å². The fraction of sp³-hybridized carbons (Fsp3) is 0.350. The standard InChI is InChI=1S/C20H25ClN2O3/c1-4-26-19-17(21)13-15(14-18(19)25-3)20(24)22-11-8-12-23(2)16-9-6-5-7-10-16/h5-7,9-10,13-14H,4,8,11-12H2,1-3H3,(H,22,24). The number of nitrogens with zero attached hydrogens (tertiary/aromatic N) is 1. The lowest BCUT2D eigenvalue weighted by Crippen LogP contribution is -2.28. The molecule has 6 heteroatoms. The number of hydrogen-bond acceptors (Lipinski definition) is 4. The fourth-order valence-corrected chi connectivity index (χ4v) is 2.83. The molecule has 0 aliphatic heterocycles. The number of carbonyl (C=O) groups is 1. The average molecular weight is 377 g/mol. The van der Waals surface area contributed by atoms with Crippen molar-refractivity contribution in [2.45, 2.75) is 13.3 Å². The third kappa shape index (κ3) is 5.30. The Morgan fingerprint density at radius 1 is 1.23 bits per heavy atom. The number of nitrogens with one attached hydrogen (secondary N) is 1. The maximum Gasteiger partial charge on any atom is 0.251 e. The van der Waals surface area contributed by atoms with E-state index >= 15 is 0 Å². The van der Waals surface area contributed by atoms with Gasteiger partial charge >= 0.3 is 0 Å². The summed E-state index contributed by atoms with van der Waals surface area (Å²) >= 11 is 6.22. The monoisotopic (exact) mass is 376 g/mol. The first-order valence-corrected chi connectivity index (χ1v) is 8.99. The van der Waals surface area contributed by atoms with Gasteiger partial charge in [0.2, 0.25) is 0 Å². The van der Waals surface area contributed by atoms with Gasteiger partial charge in [0.15, 0.2) is 11.5 Å². The Kier molecular flexibility index (Phi) is 7.60. The predicted octanol–water partition coefficient (Wildman–Crippen LogP) is 4.00. The third-order valence-corrected chi connectivity index (χ3v) is 4.21. The van der Waals surface area contributed by atoms with E-state index in [0.29, 0.717) is 35.2 Å². The van der Waals surface area contributed by atoms with E-state index in [1.165, 1.54) is 7.11 Å². The van der Waals surface area contributed by atoms with E-state index in [9.17, 15) is 4.79 Å². The maximum atomic E-state index is 12.4. The van der Waals surface area contributed by atoms with E-state index in [1.54, 1.807) is 12.1 Å². The Morgan fingerprint density at radius 3 is 2.62 bits per heavy atom. The molecule has 1 N–H and O–H groups in total. The van der Waals surface area contributed by atoms with Crippen LogP contribution in [0.15, 0.2) is 42.5 Å². The molecule has 0 aliphatic rings. The van der Waals surface area contributed by atoms with E-state index in [0.717, 1.165) is 18.7 Å². The summed E-state index contributed by atoms with van der Waals surface area (Å²) in [6.07, 6.45) is 0.832. The van der Waals surface area contributed by atoms with E-state index in [1.807, 2.05) is 32.2 Å². The van der Waals surface area contributed by atoms with Crippen LogP contribution in [0.5, 0.6) is 11.5 Å². The molecule has 0 saturated carbocycles. The number of carbonyl (C=O) groups excluding carboxylic acids is 1. The number of hydrogen-bond donors (Lipinski definition) is 1. The lowest BCUT2D eigenvalue weighted by atomic mass is 10.2. The van der Waals surface area contributed by atoms with Crippen molar-refractivity contribution in [3.8, 4) is 11.5 Å². The zero-order valence-electron chi connectivity index (χ0n) is 15.4. The molecule has 0 bridgehead atoms. The number of benzene rings is 2. The number of para-hydroxylation sites is 1. The molecule has 0 heterocycles. The molecule has 0 aliphatic carbocycles. The van der Waals surface area contributed by atoms with Crippen LogP contribution in [-0.2, 0) is 0 Å². The van der Waals surface area contributed by atoms with Crippen LogP contribution >= 0.6 is 11.6 Å². The average Bonchev–Trinajstić information content (AvgIpc) is 2.67. The van der Waals surface area contributed by atoms with Crippen molar-refractivity contribution in [2.24, 2.45) is 0 Å². The molecule has 1 amide bonds. The van der Waals surface area contributed by atoms with Crippen LogP contribution < -0.4 is 19.7 Å². The summed E-state index contributed by atoms with van der Waals surface area (Å²) in [6.45, 7) is 3.75. The normalized spacial score (nSPS) is 10.3. The highest BCUT2D eigenvalue weighted by Gasteiger charge is 2.15. The van der Waals surface area contributed by atoms with Crippen LogP contribution in [0.1, 0.15) is 23.7 Å². The molecular weight excluding hydrogens is 352 g/mol. The number of halogens is 1. The quantitative estimate of drug-likeness (QED) is 0.672. The molecule has 5 nitrogen and oxygen atoms in total. The molecule has 2 aromatic rings.